The summed E-state index contributed by atoms with van der Waals surface area (Å²) in [5.41, 5.74) is 1.57. The molecule has 0 unspecified atom stereocenters. The second-order valence-corrected chi connectivity index (χ2v) is 12.0. The summed E-state index contributed by atoms with van der Waals surface area (Å²) >= 11 is 0. The van der Waals surface area contributed by atoms with E-state index in [1.807, 2.05) is 76.2 Å². The quantitative estimate of drug-likeness (QED) is 0.536. The Labute approximate surface area is 228 Å². The van der Waals surface area contributed by atoms with Crippen LogP contribution in [0.25, 0.3) is 0 Å². The first-order valence-electron chi connectivity index (χ1n) is 13.8. The van der Waals surface area contributed by atoms with Crippen LogP contribution in [-0.4, -0.2) is 114 Å². The molecule has 0 atom stereocenters. The molecule has 0 radical (unpaired) electrons. The number of piperazine rings is 2. The lowest BCUT2D eigenvalue weighted by atomic mass is 9.88. The van der Waals surface area contributed by atoms with Gasteiger partial charge in [-0.05, 0) is 52.9 Å². The summed E-state index contributed by atoms with van der Waals surface area (Å²) in [6, 6.07) is 14.6. The first-order valence-corrected chi connectivity index (χ1v) is 13.8. The van der Waals surface area contributed by atoms with Gasteiger partial charge in [0.05, 0.1) is 11.1 Å². The van der Waals surface area contributed by atoms with Crippen LogP contribution in [0.15, 0.2) is 48.5 Å². The van der Waals surface area contributed by atoms with Gasteiger partial charge in [-0.15, -0.1) is 0 Å². The number of likely N-dealkylation sites (N-methyl/N-ethyl adjacent to an activating group) is 2. The van der Waals surface area contributed by atoms with Gasteiger partial charge in [-0.3, -0.25) is 19.4 Å². The van der Waals surface area contributed by atoms with Gasteiger partial charge in [-0.25, -0.2) is 0 Å². The molecular weight excluding hydrogens is 476 g/mol. The number of carbonyl (C=O) groups excluding carboxylic acids is 2. The largest absolute Gasteiger partial charge is 0.384 e. The maximum Gasteiger partial charge on any atom is 0.182 e. The molecule has 7 nitrogen and oxygen atoms in total. The van der Waals surface area contributed by atoms with Crippen LogP contribution in [0.3, 0.4) is 0 Å². The molecule has 2 aliphatic heterocycles. The molecule has 2 fully saturated rings. The number of rotatable bonds is 8. The van der Waals surface area contributed by atoms with Crippen LogP contribution in [-0.2, 0) is 0 Å². The lowest BCUT2D eigenvalue weighted by Crippen LogP contribution is -2.57. The van der Waals surface area contributed by atoms with E-state index in [4.69, 9.17) is 0 Å². The normalized spacial score (nSPS) is 19.2. The Bertz CT molecular complexity index is 1020. The molecule has 0 saturated carbocycles. The van der Waals surface area contributed by atoms with Crippen LogP contribution < -0.4 is 0 Å². The third-order valence-electron chi connectivity index (χ3n) is 8.68. The zero-order chi connectivity index (χ0) is 27.7. The number of nitrogens with zero attached hydrogens (tertiary/aromatic N) is 4. The fourth-order valence-electron chi connectivity index (χ4n) is 5.55. The van der Waals surface area contributed by atoms with Crippen LogP contribution >= 0.6 is 0 Å². The summed E-state index contributed by atoms with van der Waals surface area (Å²) in [5, 5.41) is 11.0. The molecule has 0 amide bonds. The minimum Gasteiger partial charge on any atom is -0.384 e. The van der Waals surface area contributed by atoms with Crippen LogP contribution in [0, 0.1) is 0 Å². The van der Waals surface area contributed by atoms with Crippen LogP contribution in [0.4, 0.5) is 0 Å². The van der Waals surface area contributed by atoms with Gasteiger partial charge in [-0.2, -0.15) is 0 Å². The number of carbonyl (C=O) groups is 2. The predicted octanol–water partition coefficient (Wildman–Crippen LogP) is 3.19. The molecule has 0 spiro atoms. The second-order valence-electron chi connectivity index (χ2n) is 12.0. The van der Waals surface area contributed by atoms with E-state index in [0.29, 0.717) is 11.1 Å². The summed E-state index contributed by atoms with van der Waals surface area (Å²) in [7, 11) is 4.22. The minimum absolute atomic E-state index is 0.0916. The number of Topliss-reactive ketones (excluding diaryl/α,β-unsaturated/α-hetero) is 2. The fourth-order valence-corrected chi connectivity index (χ4v) is 5.55. The fraction of sp³-hybridized carbons (Fsp3) is 0.548. The minimum atomic E-state index is -0.834. The third kappa shape index (κ3) is 5.92. The number of aliphatic hydroxyl groups is 1. The van der Waals surface area contributed by atoms with Crippen molar-refractivity contribution >= 4 is 11.6 Å². The van der Waals surface area contributed by atoms with E-state index >= 15 is 0 Å². The maximum atomic E-state index is 13.4. The highest BCUT2D eigenvalue weighted by Gasteiger charge is 2.37. The molecular formula is C31H44N4O3. The standard InChI is InChI=1S/C31H44N4O3/c1-30(2,34-19-15-32(5)16-20-34)28(37)25-11-7-23(8-12-25)27(36)24-9-13-26(14-10-24)29(38)31(3,4)35-21-17-33(6)18-22-35/h7-14,27,36H,15-22H2,1-6H3. The van der Waals surface area contributed by atoms with Gasteiger partial charge >= 0.3 is 0 Å². The van der Waals surface area contributed by atoms with E-state index in [1.54, 1.807) is 0 Å². The smallest absolute Gasteiger partial charge is 0.182 e. The van der Waals surface area contributed by atoms with E-state index in [2.05, 4.69) is 33.7 Å². The van der Waals surface area contributed by atoms with Crippen molar-refractivity contribution in [2.24, 2.45) is 0 Å². The van der Waals surface area contributed by atoms with Gasteiger partial charge in [-0.1, -0.05) is 48.5 Å². The van der Waals surface area contributed by atoms with Gasteiger partial charge in [0.1, 0.15) is 6.10 Å². The molecule has 2 aromatic carbocycles. The average molecular weight is 521 g/mol. The monoisotopic (exact) mass is 520 g/mol. The molecule has 1 N–H and O–H groups in total. The molecule has 0 aromatic heterocycles. The van der Waals surface area contributed by atoms with E-state index in [1.165, 1.54) is 0 Å². The van der Waals surface area contributed by atoms with Crippen molar-refractivity contribution in [3.05, 3.63) is 70.8 Å². The van der Waals surface area contributed by atoms with Gasteiger partial charge in [0, 0.05) is 63.5 Å². The molecule has 2 aliphatic rings. The van der Waals surface area contributed by atoms with Crippen molar-refractivity contribution in [2.45, 2.75) is 44.9 Å². The highest BCUT2D eigenvalue weighted by atomic mass is 16.3. The predicted molar refractivity (Wildman–Crippen MR) is 152 cm³/mol. The summed E-state index contributed by atoms with van der Waals surface area (Å²) < 4.78 is 0. The first kappa shape index (κ1) is 28.6. The van der Waals surface area contributed by atoms with Gasteiger partial charge in [0.2, 0.25) is 0 Å². The summed E-state index contributed by atoms with van der Waals surface area (Å²) in [6.45, 7) is 15.3. The molecule has 206 valence electrons. The van der Waals surface area contributed by atoms with Crippen molar-refractivity contribution in [3.8, 4) is 0 Å². The Morgan fingerprint density at radius 1 is 0.605 bits per heavy atom. The summed E-state index contributed by atoms with van der Waals surface area (Å²) in [5.74, 6) is 0.183. The number of hydrogen-bond acceptors (Lipinski definition) is 7. The SMILES string of the molecule is CN1CCN(C(C)(C)C(=O)c2ccc(C(O)c3ccc(C(=O)C(C)(C)N4CCN(C)CC4)cc3)cc2)CC1. The van der Waals surface area contributed by atoms with Crippen molar-refractivity contribution in [1.82, 2.24) is 19.6 Å². The van der Waals surface area contributed by atoms with Crippen molar-refractivity contribution < 1.29 is 14.7 Å². The van der Waals surface area contributed by atoms with Crippen molar-refractivity contribution in [2.75, 3.05) is 66.5 Å². The Kier molecular flexibility index (Phi) is 8.55. The van der Waals surface area contributed by atoms with E-state index in [9.17, 15) is 14.7 Å². The molecule has 2 saturated heterocycles. The summed E-state index contributed by atoms with van der Waals surface area (Å²) in [4.78, 5) is 35.8. The lowest BCUT2D eigenvalue weighted by Gasteiger charge is -2.42. The summed E-state index contributed by atoms with van der Waals surface area (Å²) in [6.07, 6.45) is -0.834. The molecule has 0 bridgehead atoms. The first-order chi connectivity index (χ1) is 17.9. The van der Waals surface area contributed by atoms with Gasteiger partial charge < -0.3 is 14.9 Å². The van der Waals surface area contributed by atoms with Crippen molar-refractivity contribution in [3.63, 3.8) is 0 Å². The van der Waals surface area contributed by atoms with Gasteiger partial charge in [0.15, 0.2) is 11.6 Å². The molecule has 0 aliphatic carbocycles. The van der Waals surface area contributed by atoms with E-state index < -0.39 is 17.2 Å². The number of aliphatic hydroxyl groups excluding tert-OH is 1. The van der Waals surface area contributed by atoms with E-state index in [0.717, 1.165) is 63.5 Å². The second kappa shape index (κ2) is 11.4. The van der Waals surface area contributed by atoms with Crippen LogP contribution in [0.5, 0.6) is 0 Å². The lowest BCUT2D eigenvalue weighted by molar-refractivity contribution is 0.0461. The van der Waals surface area contributed by atoms with Crippen LogP contribution in [0.1, 0.15) is 65.6 Å². The Morgan fingerprint density at radius 3 is 1.18 bits per heavy atom. The molecule has 38 heavy (non-hydrogen) atoms. The van der Waals surface area contributed by atoms with Crippen LogP contribution in [0.2, 0.25) is 0 Å². The topological polar surface area (TPSA) is 67.3 Å². The molecule has 4 rings (SSSR count). The van der Waals surface area contributed by atoms with Crippen molar-refractivity contribution in [1.29, 1.82) is 0 Å². The number of benzene rings is 2. The zero-order valence-electron chi connectivity index (χ0n) is 23.9. The zero-order valence-corrected chi connectivity index (χ0v) is 23.9. The highest BCUT2D eigenvalue weighted by molar-refractivity contribution is 6.03. The third-order valence-corrected chi connectivity index (χ3v) is 8.68. The maximum absolute atomic E-state index is 13.4. The highest BCUT2D eigenvalue weighted by Crippen LogP contribution is 2.27. The number of hydrogen-bond donors (Lipinski definition) is 1. The van der Waals surface area contributed by atoms with Gasteiger partial charge in [0.25, 0.3) is 0 Å². The molecule has 7 heteroatoms. The average Bonchev–Trinajstić information content (AvgIpc) is 2.92. The van der Waals surface area contributed by atoms with E-state index in [-0.39, 0.29) is 11.6 Å². The number of ketones is 2. The Hall–Kier alpha value is -2.42. The molecule has 2 heterocycles. The molecule has 2 aromatic rings. The Morgan fingerprint density at radius 2 is 0.895 bits per heavy atom. The Balaban J connectivity index is 1.42.